The molecule has 34 heavy (non-hydrogen) atoms. The van der Waals surface area contributed by atoms with Crippen LogP contribution in [0, 0.1) is 0 Å². The normalized spacial score (nSPS) is 10.7. The standard InChI is InChI=1S/C29H24Cl2O3/c1-33-25-11-13-27(21(17-25)15-19-3-7-23(30)8-4-19)29(32)28-14-12-26(34-2)18-22(28)16-20-5-9-24(31)10-6-20/h3-14,17-18H,15-16H2,1-2H3. The zero-order valence-corrected chi connectivity index (χ0v) is 20.5. The molecule has 0 heterocycles. The maximum atomic E-state index is 13.9. The summed E-state index contributed by atoms with van der Waals surface area (Å²) in [5.74, 6) is 1.37. The molecule has 0 aliphatic heterocycles. The molecule has 0 amide bonds. The predicted molar refractivity (Wildman–Crippen MR) is 138 cm³/mol. The van der Waals surface area contributed by atoms with E-state index in [0.717, 1.165) is 22.3 Å². The number of rotatable bonds is 8. The van der Waals surface area contributed by atoms with Crippen LogP contribution in [0.5, 0.6) is 11.5 Å². The Morgan fingerprint density at radius 2 is 1.00 bits per heavy atom. The van der Waals surface area contributed by atoms with E-state index in [-0.39, 0.29) is 5.78 Å². The monoisotopic (exact) mass is 490 g/mol. The van der Waals surface area contributed by atoms with Crippen LogP contribution in [0.25, 0.3) is 0 Å². The Morgan fingerprint density at radius 3 is 1.35 bits per heavy atom. The van der Waals surface area contributed by atoms with Gasteiger partial charge in [-0.2, -0.15) is 0 Å². The molecule has 0 unspecified atom stereocenters. The Bertz CT molecular complexity index is 1200. The first-order chi connectivity index (χ1) is 16.5. The van der Waals surface area contributed by atoms with Crippen molar-refractivity contribution in [3.8, 4) is 11.5 Å². The van der Waals surface area contributed by atoms with Crippen molar-refractivity contribution < 1.29 is 14.3 Å². The second-order valence-corrected chi connectivity index (χ2v) is 8.85. The average molecular weight is 491 g/mol. The van der Waals surface area contributed by atoms with Gasteiger partial charge in [-0.05, 0) is 95.8 Å². The van der Waals surface area contributed by atoms with Crippen LogP contribution < -0.4 is 9.47 Å². The highest BCUT2D eigenvalue weighted by Gasteiger charge is 2.19. The fourth-order valence-electron chi connectivity index (χ4n) is 3.92. The van der Waals surface area contributed by atoms with E-state index in [0.29, 0.717) is 45.5 Å². The lowest BCUT2D eigenvalue weighted by molar-refractivity contribution is 0.103. The summed E-state index contributed by atoms with van der Waals surface area (Å²) in [6.07, 6.45) is 1.16. The lowest BCUT2D eigenvalue weighted by Crippen LogP contribution is -2.10. The van der Waals surface area contributed by atoms with Crippen LogP contribution in [0.2, 0.25) is 10.0 Å². The third-order valence-corrected chi connectivity index (χ3v) is 6.23. The second kappa shape index (κ2) is 10.8. The maximum Gasteiger partial charge on any atom is 0.193 e. The fraction of sp³-hybridized carbons (Fsp3) is 0.138. The molecule has 0 aliphatic rings. The van der Waals surface area contributed by atoms with Gasteiger partial charge < -0.3 is 9.47 Å². The second-order valence-electron chi connectivity index (χ2n) is 7.98. The van der Waals surface area contributed by atoms with E-state index >= 15 is 0 Å². The number of hydrogen-bond acceptors (Lipinski definition) is 3. The molecule has 0 fully saturated rings. The van der Waals surface area contributed by atoms with Crippen LogP contribution in [-0.4, -0.2) is 20.0 Å². The zero-order chi connectivity index (χ0) is 24.1. The Balaban J connectivity index is 1.74. The van der Waals surface area contributed by atoms with Gasteiger partial charge in [-0.25, -0.2) is 0 Å². The first-order valence-corrected chi connectivity index (χ1v) is 11.6. The van der Waals surface area contributed by atoms with Gasteiger partial charge in [0.15, 0.2) is 5.78 Å². The number of ketones is 1. The highest BCUT2D eigenvalue weighted by Crippen LogP contribution is 2.28. The number of ether oxygens (including phenoxy) is 2. The summed E-state index contributed by atoms with van der Waals surface area (Å²) in [5.41, 5.74) is 5.17. The van der Waals surface area contributed by atoms with Gasteiger partial charge >= 0.3 is 0 Å². The predicted octanol–water partition coefficient (Wildman–Crippen LogP) is 7.42. The third kappa shape index (κ3) is 5.61. The Morgan fingerprint density at radius 1 is 0.618 bits per heavy atom. The number of halogens is 2. The van der Waals surface area contributed by atoms with E-state index in [1.54, 1.807) is 14.2 Å². The summed E-state index contributed by atoms with van der Waals surface area (Å²) in [6.45, 7) is 0. The molecule has 0 saturated carbocycles. The first kappa shape index (κ1) is 23.9. The minimum atomic E-state index is -0.0433. The molecule has 4 aromatic carbocycles. The Labute approximate surface area is 209 Å². The smallest absolute Gasteiger partial charge is 0.193 e. The van der Waals surface area contributed by atoms with Crippen LogP contribution in [-0.2, 0) is 12.8 Å². The summed E-state index contributed by atoms with van der Waals surface area (Å²) >= 11 is 12.1. The summed E-state index contributed by atoms with van der Waals surface area (Å²) in [5, 5.41) is 1.35. The number of methoxy groups -OCH3 is 2. The SMILES string of the molecule is COc1ccc(C(=O)c2ccc(OC)cc2Cc2ccc(Cl)cc2)c(Cc2ccc(Cl)cc2)c1. The van der Waals surface area contributed by atoms with Gasteiger partial charge in [0.2, 0.25) is 0 Å². The van der Waals surface area contributed by atoms with Gasteiger partial charge in [-0.15, -0.1) is 0 Å². The van der Waals surface area contributed by atoms with Crippen LogP contribution in [0.1, 0.15) is 38.2 Å². The maximum absolute atomic E-state index is 13.9. The molecule has 5 heteroatoms. The lowest BCUT2D eigenvalue weighted by Gasteiger charge is -2.15. The largest absolute Gasteiger partial charge is 0.497 e. The quantitative estimate of drug-likeness (QED) is 0.241. The van der Waals surface area contributed by atoms with Crippen LogP contribution in [0.3, 0.4) is 0 Å². The third-order valence-electron chi connectivity index (χ3n) is 5.73. The molecule has 0 radical (unpaired) electrons. The van der Waals surface area contributed by atoms with Crippen molar-refractivity contribution in [1.82, 2.24) is 0 Å². The minimum Gasteiger partial charge on any atom is -0.497 e. The highest BCUT2D eigenvalue weighted by atomic mass is 35.5. The summed E-state index contributed by atoms with van der Waals surface area (Å²) < 4.78 is 10.9. The van der Waals surface area contributed by atoms with E-state index in [4.69, 9.17) is 32.7 Å². The van der Waals surface area contributed by atoms with Crippen molar-refractivity contribution >= 4 is 29.0 Å². The molecule has 0 N–H and O–H groups in total. The number of hydrogen-bond donors (Lipinski definition) is 0. The molecule has 0 aromatic heterocycles. The lowest BCUT2D eigenvalue weighted by atomic mass is 9.90. The number of carbonyl (C=O) groups excluding carboxylic acids is 1. The Kier molecular flexibility index (Phi) is 7.56. The van der Waals surface area contributed by atoms with Gasteiger partial charge in [-0.1, -0.05) is 47.5 Å². The van der Waals surface area contributed by atoms with E-state index in [9.17, 15) is 4.79 Å². The van der Waals surface area contributed by atoms with Crippen molar-refractivity contribution in [3.05, 3.63) is 128 Å². The summed E-state index contributed by atoms with van der Waals surface area (Å²) in [7, 11) is 3.24. The van der Waals surface area contributed by atoms with Crippen LogP contribution >= 0.6 is 23.2 Å². The molecular weight excluding hydrogens is 467 g/mol. The molecule has 4 aromatic rings. The van der Waals surface area contributed by atoms with Crippen LogP contribution in [0.15, 0.2) is 84.9 Å². The highest BCUT2D eigenvalue weighted by molar-refractivity contribution is 6.30. The summed E-state index contributed by atoms with van der Waals surface area (Å²) in [4.78, 5) is 13.9. The first-order valence-electron chi connectivity index (χ1n) is 10.8. The van der Waals surface area contributed by atoms with E-state index in [2.05, 4.69) is 0 Å². The Hall–Kier alpha value is -3.27. The van der Waals surface area contributed by atoms with E-state index in [1.165, 1.54) is 0 Å². The molecule has 0 saturated heterocycles. The van der Waals surface area contributed by atoms with E-state index < -0.39 is 0 Å². The van der Waals surface area contributed by atoms with Crippen molar-refractivity contribution in [2.45, 2.75) is 12.8 Å². The van der Waals surface area contributed by atoms with Gasteiger partial charge in [0.25, 0.3) is 0 Å². The van der Waals surface area contributed by atoms with Gasteiger partial charge in [0.05, 0.1) is 14.2 Å². The average Bonchev–Trinajstić information content (AvgIpc) is 2.86. The molecule has 4 rings (SSSR count). The molecule has 172 valence electrons. The zero-order valence-electron chi connectivity index (χ0n) is 19.0. The topological polar surface area (TPSA) is 35.5 Å². The van der Waals surface area contributed by atoms with Gasteiger partial charge in [-0.3, -0.25) is 4.79 Å². The minimum absolute atomic E-state index is 0.0433. The van der Waals surface area contributed by atoms with Gasteiger partial charge in [0, 0.05) is 21.2 Å². The molecule has 0 bridgehead atoms. The van der Waals surface area contributed by atoms with Crippen molar-refractivity contribution in [2.75, 3.05) is 14.2 Å². The fourth-order valence-corrected chi connectivity index (χ4v) is 4.17. The number of carbonyl (C=O) groups is 1. The molecular formula is C29H24Cl2O3. The molecule has 0 spiro atoms. The molecule has 3 nitrogen and oxygen atoms in total. The van der Waals surface area contributed by atoms with Crippen molar-refractivity contribution in [1.29, 1.82) is 0 Å². The van der Waals surface area contributed by atoms with Crippen molar-refractivity contribution in [2.24, 2.45) is 0 Å². The molecule has 0 aliphatic carbocycles. The van der Waals surface area contributed by atoms with Gasteiger partial charge in [0.1, 0.15) is 11.5 Å². The molecule has 0 atom stereocenters. The number of benzene rings is 4. The van der Waals surface area contributed by atoms with Crippen LogP contribution in [0.4, 0.5) is 0 Å². The van der Waals surface area contributed by atoms with E-state index in [1.807, 2.05) is 84.9 Å². The van der Waals surface area contributed by atoms with Crippen molar-refractivity contribution in [3.63, 3.8) is 0 Å². The summed E-state index contributed by atoms with van der Waals surface area (Å²) in [6, 6.07) is 26.4.